The van der Waals surface area contributed by atoms with Crippen LogP contribution in [-0.4, -0.2) is 16.1 Å². The highest BCUT2D eigenvalue weighted by atomic mass is 15.2. The van der Waals surface area contributed by atoms with Gasteiger partial charge < -0.3 is 9.88 Å². The maximum absolute atomic E-state index is 4.35. The van der Waals surface area contributed by atoms with Gasteiger partial charge >= 0.3 is 0 Å². The van der Waals surface area contributed by atoms with E-state index in [2.05, 4.69) is 34.9 Å². The van der Waals surface area contributed by atoms with E-state index in [9.17, 15) is 0 Å². The van der Waals surface area contributed by atoms with Crippen LogP contribution in [0.4, 0.5) is 5.95 Å². The first kappa shape index (κ1) is 11.5. The molecule has 1 aliphatic carbocycles. The predicted molar refractivity (Wildman–Crippen MR) is 67.5 cm³/mol. The summed E-state index contributed by atoms with van der Waals surface area (Å²) in [5, 5.41) is 3.43. The van der Waals surface area contributed by atoms with Crippen LogP contribution >= 0.6 is 0 Å². The van der Waals surface area contributed by atoms with E-state index in [0.717, 1.165) is 25.0 Å². The first-order valence-corrected chi connectivity index (χ1v) is 6.50. The first-order chi connectivity index (χ1) is 7.75. The molecule has 1 aromatic heterocycles. The van der Waals surface area contributed by atoms with Crippen molar-refractivity contribution in [1.82, 2.24) is 9.55 Å². The van der Waals surface area contributed by atoms with Gasteiger partial charge in [0.25, 0.3) is 0 Å². The Labute approximate surface area is 98.3 Å². The molecule has 1 N–H and O–H groups in total. The summed E-state index contributed by atoms with van der Waals surface area (Å²) in [6, 6.07) is 0. The maximum atomic E-state index is 4.35. The van der Waals surface area contributed by atoms with Gasteiger partial charge in [-0.3, -0.25) is 0 Å². The number of anilines is 1. The zero-order chi connectivity index (χ0) is 11.4. The minimum absolute atomic E-state index is 0.668. The fourth-order valence-corrected chi connectivity index (χ4v) is 2.01. The molecule has 0 amide bonds. The maximum Gasteiger partial charge on any atom is 0.202 e. The van der Waals surface area contributed by atoms with Gasteiger partial charge in [-0.1, -0.05) is 26.7 Å². The molecular formula is C13H23N3. The molecule has 0 spiro atoms. The molecule has 1 aliphatic rings. The summed E-state index contributed by atoms with van der Waals surface area (Å²) in [5.41, 5.74) is 0. The average Bonchev–Trinajstić information content (AvgIpc) is 2.95. The summed E-state index contributed by atoms with van der Waals surface area (Å²) in [4.78, 5) is 4.35. The lowest BCUT2D eigenvalue weighted by Crippen LogP contribution is -2.11. The Morgan fingerprint density at radius 2 is 2.31 bits per heavy atom. The highest BCUT2D eigenvalue weighted by Gasteiger charge is 2.19. The van der Waals surface area contributed by atoms with Crippen LogP contribution in [-0.2, 0) is 6.54 Å². The molecule has 1 aromatic rings. The van der Waals surface area contributed by atoms with Crippen LogP contribution in [0, 0.1) is 11.8 Å². The predicted octanol–water partition coefficient (Wildman–Crippen LogP) is 3.14. The first-order valence-electron chi connectivity index (χ1n) is 6.50. The highest BCUT2D eigenvalue weighted by molar-refractivity contribution is 5.25. The Morgan fingerprint density at radius 3 is 3.00 bits per heavy atom. The van der Waals surface area contributed by atoms with Gasteiger partial charge in [0.2, 0.25) is 5.95 Å². The number of aromatic nitrogens is 2. The van der Waals surface area contributed by atoms with E-state index in [1.807, 2.05) is 6.20 Å². The Kier molecular flexibility index (Phi) is 3.86. The fraction of sp³-hybridized carbons (Fsp3) is 0.769. The molecule has 1 heterocycles. The molecular weight excluding hydrogens is 198 g/mol. The van der Waals surface area contributed by atoms with Crippen molar-refractivity contribution in [3.05, 3.63) is 12.4 Å². The molecule has 16 heavy (non-hydrogen) atoms. The van der Waals surface area contributed by atoms with Crippen molar-refractivity contribution in [2.24, 2.45) is 11.8 Å². The second kappa shape index (κ2) is 5.37. The lowest BCUT2D eigenvalue weighted by molar-refractivity contribution is 0.525. The molecule has 1 fully saturated rings. The van der Waals surface area contributed by atoms with Gasteiger partial charge in [0.05, 0.1) is 0 Å². The topological polar surface area (TPSA) is 29.9 Å². The average molecular weight is 221 g/mol. The van der Waals surface area contributed by atoms with Crippen molar-refractivity contribution in [1.29, 1.82) is 0 Å². The molecule has 0 aliphatic heterocycles. The molecule has 0 atom stereocenters. The minimum Gasteiger partial charge on any atom is -0.356 e. The van der Waals surface area contributed by atoms with Crippen LogP contribution in [0.5, 0.6) is 0 Å². The number of imidazole rings is 1. The molecule has 0 unspecified atom stereocenters. The monoisotopic (exact) mass is 221 g/mol. The summed E-state index contributed by atoms with van der Waals surface area (Å²) in [7, 11) is 0. The standard InChI is InChI=1S/C13H23N3/c1-11(2)10-16-9-8-15-13(16)14-7-3-4-12-5-6-12/h8-9,11-12H,3-7,10H2,1-2H3,(H,14,15). The molecule has 0 radical (unpaired) electrons. The van der Waals surface area contributed by atoms with E-state index in [1.54, 1.807) is 0 Å². The van der Waals surface area contributed by atoms with E-state index < -0.39 is 0 Å². The van der Waals surface area contributed by atoms with Gasteiger partial charge in [0.1, 0.15) is 0 Å². The van der Waals surface area contributed by atoms with Gasteiger partial charge in [0.15, 0.2) is 0 Å². The van der Waals surface area contributed by atoms with Gasteiger partial charge in [-0.05, 0) is 24.7 Å². The van der Waals surface area contributed by atoms with E-state index in [-0.39, 0.29) is 0 Å². The number of hydrogen-bond acceptors (Lipinski definition) is 2. The molecule has 0 bridgehead atoms. The summed E-state index contributed by atoms with van der Waals surface area (Å²) in [6.07, 6.45) is 9.52. The van der Waals surface area contributed by atoms with Crippen molar-refractivity contribution >= 4 is 5.95 Å². The number of nitrogens with one attached hydrogen (secondary N) is 1. The zero-order valence-corrected chi connectivity index (χ0v) is 10.4. The third-order valence-electron chi connectivity index (χ3n) is 3.05. The Morgan fingerprint density at radius 1 is 1.50 bits per heavy atom. The SMILES string of the molecule is CC(C)Cn1ccnc1NCCCC1CC1. The molecule has 3 nitrogen and oxygen atoms in total. The van der Waals surface area contributed by atoms with Crippen molar-refractivity contribution in [2.75, 3.05) is 11.9 Å². The lowest BCUT2D eigenvalue weighted by Gasteiger charge is -2.11. The molecule has 0 saturated heterocycles. The van der Waals surface area contributed by atoms with Crippen LogP contribution in [0.15, 0.2) is 12.4 Å². The van der Waals surface area contributed by atoms with Gasteiger partial charge in [-0.25, -0.2) is 4.98 Å². The molecule has 1 saturated carbocycles. The Balaban J connectivity index is 1.72. The summed E-state index contributed by atoms with van der Waals surface area (Å²) in [6.45, 7) is 6.57. The Hall–Kier alpha value is -0.990. The van der Waals surface area contributed by atoms with Crippen LogP contribution in [0.3, 0.4) is 0 Å². The van der Waals surface area contributed by atoms with Gasteiger partial charge in [-0.2, -0.15) is 0 Å². The number of nitrogens with zero attached hydrogens (tertiary/aromatic N) is 2. The highest BCUT2D eigenvalue weighted by Crippen LogP contribution is 2.33. The number of hydrogen-bond donors (Lipinski definition) is 1. The lowest BCUT2D eigenvalue weighted by atomic mass is 10.2. The van der Waals surface area contributed by atoms with Crippen molar-refractivity contribution in [2.45, 2.75) is 46.1 Å². The summed E-state index contributed by atoms with van der Waals surface area (Å²) < 4.78 is 2.21. The second-order valence-electron chi connectivity index (χ2n) is 5.31. The normalized spacial score (nSPS) is 15.7. The van der Waals surface area contributed by atoms with Crippen molar-refractivity contribution in [3.8, 4) is 0 Å². The summed E-state index contributed by atoms with van der Waals surface area (Å²) in [5.74, 6) is 2.74. The smallest absolute Gasteiger partial charge is 0.202 e. The van der Waals surface area contributed by atoms with E-state index >= 15 is 0 Å². The Bertz CT molecular complexity index is 313. The molecule has 0 aromatic carbocycles. The fourth-order valence-electron chi connectivity index (χ4n) is 2.01. The van der Waals surface area contributed by atoms with Crippen LogP contribution in [0.2, 0.25) is 0 Å². The van der Waals surface area contributed by atoms with Gasteiger partial charge in [0, 0.05) is 25.5 Å². The second-order valence-corrected chi connectivity index (χ2v) is 5.31. The summed E-state index contributed by atoms with van der Waals surface area (Å²) >= 11 is 0. The van der Waals surface area contributed by atoms with Crippen molar-refractivity contribution < 1.29 is 0 Å². The van der Waals surface area contributed by atoms with Crippen LogP contribution in [0.25, 0.3) is 0 Å². The van der Waals surface area contributed by atoms with Crippen molar-refractivity contribution in [3.63, 3.8) is 0 Å². The largest absolute Gasteiger partial charge is 0.356 e. The van der Waals surface area contributed by atoms with Gasteiger partial charge in [-0.15, -0.1) is 0 Å². The zero-order valence-electron chi connectivity index (χ0n) is 10.4. The minimum atomic E-state index is 0.668. The quantitative estimate of drug-likeness (QED) is 0.717. The van der Waals surface area contributed by atoms with Crippen LogP contribution in [0.1, 0.15) is 39.5 Å². The molecule has 3 heteroatoms. The van der Waals surface area contributed by atoms with E-state index in [1.165, 1.54) is 25.7 Å². The van der Waals surface area contributed by atoms with Crippen LogP contribution < -0.4 is 5.32 Å². The third-order valence-corrected chi connectivity index (χ3v) is 3.05. The molecule has 90 valence electrons. The third kappa shape index (κ3) is 3.54. The van der Waals surface area contributed by atoms with E-state index in [0.29, 0.717) is 5.92 Å². The molecule has 2 rings (SSSR count). The number of rotatable bonds is 7. The van der Waals surface area contributed by atoms with E-state index in [4.69, 9.17) is 0 Å².